The van der Waals surface area contributed by atoms with E-state index in [1.165, 1.54) is 4.57 Å². The highest BCUT2D eigenvalue weighted by atomic mass is 19.1. The minimum absolute atomic E-state index is 0.193. The van der Waals surface area contributed by atoms with Gasteiger partial charge in [0.2, 0.25) is 5.43 Å². The Labute approximate surface area is 132 Å². The number of nitrogens with zero attached hydrogens (tertiary/aromatic N) is 1. The van der Waals surface area contributed by atoms with Crippen LogP contribution >= 0.6 is 0 Å². The smallest absolute Gasteiger partial charge is 0.481 e. The predicted molar refractivity (Wildman–Crippen MR) is 76.4 cm³/mol. The van der Waals surface area contributed by atoms with Crippen LogP contribution in [-0.4, -0.2) is 26.9 Å². The van der Waals surface area contributed by atoms with Crippen LogP contribution in [-0.2, 0) is 11.2 Å². The second kappa shape index (κ2) is 5.59. The maximum Gasteiger partial charge on any atom is 0.511 e. The van der Waals surface area contributed by atoms with Gasteiger partial charge in [0, 0.05) is 11.6 Å². The number of benzene rings is 1. The fourth-order valence-electron chi connectivity index (χ4n) is 2.58. The van der Waals surface area contributed by atoms with Crippen LogP contribution in [0.5, 0.6) is 5.75 Å². The molecule has 1 aromatic carbocycles. The van der Waals surface area contributed by atoms with Crippen LogP contribution in [0.2, 0.25) is 0 Å². The summed E-state index contributed by atoms with van der Waals surface area (Å²) in [6.45, 7) is 0. The van der Waals surface area contributed by atoms with Crippen molar-refractivity contribution in [3.8, 4) is 5.75 Å². The van der Waals surface area contributed by atoms with E-state index in [4.69, 9.17) is 10.2 Å². The molecule has 1 saturated carbocycles. The highest BCUT2D eigenvalue weighted by Crippen LogP contribution is 2.39. The molecule has 0 unspecified atom stereocenters. The lowest BCUT2D eigenvalue weighted by molar-refractivity contribution is -0.136. The van der Waals surface area contributed by atoms with Crippen molar-refractivity contribution in [2.24, 2.45) is 0 Å². The zero-order valence-corrected chi connectivity index (χ0v) is 12.1. The number of carbonyl (C=O) groups is 2. The molecule has 2 N–H and O–H groups in total. The van der Waals surface area contributed by atoms with Crippen molar-refractivity contribution in [2.75, 3.05) is 0 Å². The molecule has 0 radical (unpaired) electrons. The van der Waals surface area contributed by atoms with Gasteiger partial charge in [-0.05, 0) is 18.9 Å². The molecule has 7 nitrogen and oxygen atoms in total. The van der Waals surface area contributed by atoms with Crippen molar-refractivity contribution in [1.29, 1.82) is 0 Å². The summed E-state index contributed by atoms with van der Waals surface area (Å²) in [6.07, 6.45) is -0.218. The fraction of sp³-hybridized carbons (Fsp3) is 0.267. The Balaban J connectivity index is 2.35. The number of aliphatic carboxylic acids is 1. The molecule has 1 heterocycles. The molecule has 0 amide bonds. The Morgan fingerprint density at radius 2 is 1.96 bits per heavy atom. The van der Waals surface area contributed by atoms with Crippen LogP contribution in [0.3, 0.4) is 0 Å². The van der Waals surface area contributed by atoms with Gasteiger partial charge < -0.3 is 19.5 Å². The Kier molecular flexibility index (Phi) is 3.70. The summed E-state index contributed by atoms with van der Waals surface area (Å²) >= 11 is 0. The van der Waals surface area contributed by atoms with Gasteiger partial charge in [0.05, 0.1) is 23.5 Å². The number of fused-ring (bicyclic) bond motifs is 1. The van der Waals surface area contributed by atoms with Gasteiger partial charge in [-0.1, -0.05) is 0 Å². The van der Waals surface area contributed by atoms with E-state index in [9.17, 15) is 23.2 Å². The molecular weight excluding hydrogens is 328 g/mol. The molecule has 0 saturated heterocycles. The SMILES string of the molecule is O=C(O)Cc1c(F)cc2c(=O)c(OC(=O)O)cn(C3CC3)c2c1F. The van der Waals surface area contributed by atoms with Crippen LogP contribution in [0, 0.1) is 11.6 Å². The number of hydrogen-bond acceptors (Lipinski definition) is 4. The van der Waals surface area contributed by atoms with E-state index in [2.05, 4.69) is 4.74 Å². The van der Waals surface area contributed by atoms with Crippen molar-refractivity contribution < 1.29 is 33.3 Å². The van der Waals surface area contributed by atoms with E-state index in [0.717, 1.165) is 6.20 Å². The first-order valence-corrected chi connectivity index (χ1v) is 6.98. The summed E-state index contributed by atoms with van der Waals surface area (Å²) in [7, 11) is 0. The third kappa shape index (κ3) is 2.68. The van der Waals surface area contributed by atoms with E-state index in [-0.39, 0.29) is 11.6 Å². The average Bonchev–Trinajstić information content (AvgIpc) is 3.30. The Morgan fingerprint density at radius 3 is 2.50 bits per heavy atom. The van der Waals surface area contributed by atoms with Gasteiger partial charge >= 0.3 is 12.1 Å². The molecule has 1 aromatic heterocycles. The number of ether oxygens (including phenoxy) is 1. The topological polar surface area (TPSA) is 106 Å². The molecule has 0 bridgehead atoms. The van der Waals surface area contributed by atoms with Crippen LogP contribution in [0.15, 0.2) is 17.1 Å². The third-order valence-corrected chi connectivity index (χ3v) is 3.74. The summed E-state index contributed by atoms with van der Waals surface area (Å²) in [4.78, 5) is 33.7. The number of hydrogen-bond donors (Lipinski definition) is 2. The quantitative estimate of drug-likeness (QED) is 0.828. The van der Waals surface area contributed by atoms with Crippen molar-refractivity contribution in [1.82, 2.24) is 4.57 Å². The Bertz CT molecular complexity index is 932. The lowest BCUT2D eigenvalue weighted by Gasteiger charge is -2.15. The molecule has 0 aliphatic heterocycles. The molecule has 2 aromatic rings. The number of rotatable bonds is 4. The maximum absolute atomic E-state index is 14.7. The van der Waals surface area contributed by atoms with Gasteiger partial charge in [-0.25, -0.2) is 13.6 Å². The lowest BCUT2D eigenvalue weighted by atomic mass is 10.1. The molecule has 3 rings (SSSR count). The zero-order chi connectivity index (χ0) is 17.6. The normalized spacial score (nSPS) is 13.9. The highest BCUT2D eigenvalue weighted by Gasteiger charge is 2.29. The van der Waals surface area contributed by atoms with Crippen LogP contribution in [0.4, 0.5) is 13.6 Å². The first kappa shape index (κ1) is 15.9. The summed E-state index contributed by atoms with van der Waals surface area (Å²) < 4.78 is 34.4. The lowest BCUT2D eigenvalue weighted by Crippen LogP contribution is -2.18. The van der Waals surface area contributed by atoms with Crippen molar-refractivity contribution >= 4 is 23.0 Å². The first-order chi connectivity index (χ1) is 11.3. The van der Waals surface area contributed by atoms with Crippen LogP contribution in [0.1, 0.15) is 24.4 Å². The number of halogens is 2. The predicted octanol–water partition coefficient (Wildman–Crippen LogP) is 2.30. The molecule has 1 fully saturated rings. The van der Waals surface area contributed by atoms with Gasteiger partial charge in [0.1, 0.15) is 5.82 Å². The van der Waals surface area contributed by atoms with Gasteiger partial charge in [-0.2, -0.15) is 0 Å². The van der Waals surface area contributed by atoms with Gasteiger partial charge in [-0.3, -0.25) is 9.59 Å². The second-order valence-corrected chi connectivity index (χ2v) is 5.45. The number of carboxylic acid groups (broad SMARTS) is 2. The van der Waals surface area contributed by atoms with E-state index in [1.54, 1.807) is 0 Å². The molecule has 0 atom stereocenters. The second-order valence-electron chi connectivity index (χ2n) is 5.45. The molecule has 126 valence electrons. The van der Waals surface area contributed by atoms with Crippen molar-refractivity contribution in [2.45, 2.75) is 25.3 Å². The number of carboxylic acids is 1. The van der Waals surface area contributed by atoms with Crippen LogP contribution < -0.4 is 10.2 Å². The Morgan fingerprint density at radius 1 is 1.29 bits per heavy atom. The fourth-order valence-corrected chi connectivity index (χ4v) is 2.58. The third-order valence-electron chi connectivity index (χ3n) is 3.74. The van der Waals surface area contributed by atoms with Gasteiger partial charge in [0.25, 0.3) is 0 Å². The minimum Gasteiger partial charge on any atom is -0.481 e. The number of aromatic nitrogens is 1. The van der Waals surface area contributed by atoms with E-state index in [0.29, 0.717) is 18.9 Å². The van der Waals surface area contributed by atoms with Crippen molar-refractivity contribution in [3.05, 3.63) is 39.7 Å². The molecule has 9 heteroatoms. The molecule has 0 spiro atoms. The summed E-state index contributed by atoms with van der Waals surface area (Å²) in [5, 5.41) is 17.1. The Hall–Kier alpha value is -2.97. The van der Waals surface area contributed by atoms with E-state index < -0.39 is 52.3 Å². The molecular formula is C15H11F2NO6. The molecule has 1 aliphatic carbocycles. The standard InChI is InChI=1S/C15H11F2NO6/c16-9-3-8-13(12(17)7(9)4-11(19)20)18(6-1-2-6)5-10(14(8)21)24-15(22)23/h3,5-6H,1-2,4H2,(H,19,20)(H,22,23). The monoisotopic (exact) mass is 339 g/mol. The molecule has 1 aliphatic rings. The maximum atomic E-state index is 14.7. The van der Waals surface area contributed by atoms with Gasteiger partial charge in [0.15, 0.2) is 11.6 Å². The highest BCUT2D eigenvalue weighted by molar-refractivity contribution is 5.84. The number of pyridine rings is 1. The van der Waals surface area contributed by atoms with E-state index >= 15 is 0 Å². The van der Waals surface area contributed by atoms with Gasteiger partial charge in [-0.15, -0.1) is 0 Å². The summed E-state index contributed by atoms with van der Waals surface area (Å²) in [5.41, 5.74) is -1.89. The van der Waals surface area contributed by atoms with Crippen molar-refractivity contribution in [3.63, 3.8) is 0 Å². The minimum atomic E-state index is -1.72. The average molecular weight is 339 g/mol. The zero-order valence-electron chi connectivity index (χ0n) is 12.1. The van der Waals surface area contributed by atoms with E-state index in [1.807, 2.05) is 0 Å². The largest absolute Gasteiger partial charge is 0.511 e. The summed E-state index contributed by atoms with van der Waals surface area (Å²) in [5.74, 6) is -4.31. The first-order valence-electron chi connectivity index (χ1n) is 6.98. The molecule has 24 heavy (non-hydrogen) atoms. The summed E-state index contributed by atoms with van der Waals surface area (Å²) in [6, 6.07) is 0.522. The van der Waals surface area contributed by atoms with Crippen LogP contribution in [0.25, 0.3) is 10.9 Å².